The molecule has 0 spiro atoms. The Kier molecular flexibility index (Phi) is 7.38. The number of hydrogen-bond acceptors (Lipinski definition) is 4. The van der Waals surface area contributed by atoms with E-state index in [0.29, 0.717) is 18.3 Å². The first-order chi connectivity index (χ1) is 14.4. The van der Waals surface area contributed by atoms with Crippen LogP contribution in [0.25, 0.3) is 0 Å². The van der Waals surface area contributed by atoms with Crippen molar-refractivity contribution in [2.75, 3.05) is 20.1 Å². The van der Waals surface area contributed by atoms with Gasteiger partial charge >= 0.3 is 11.9 Å². The summed E-state index contributed by atoms with van der Waals surface area (Å²) in [7, 11) is 2.18. The third-order valence-corrected chi connectivity index (χ3v) is 5.38. The van der Waals surface area contributed by atoms with E-state index < -0.39 is 11.9 Å². The molecule has 1 atom stereocenters. The molecule has 2 N–H and O–H groups in total. The van der Waals surface area contributed by atoms with E-state index in [9.17, 15) is 9.59 Å². The highest BCUT2D eigenvalue weighted by molar-refractivity contribution is 5.89. The van der Waals surface area contributed by atoms with Crippen LogP contribution in [0.2, 0.25) is 0 Å². The molecular weight excluding hydrogens is 382 g/mol. The Morgan fingerprint density at radius 1 is 0.933 bits per heavy atom. The summed E-state index contributed by atoms with van der Waals surface area (Å²) in [6.07, 6.45) is 4.90. The average molecular weight is 409 g/mol. The van der Waals surface area contributed by atoms with Crippen molar-refractivity contribution in [2.24, 2.45) is 0 Å². The van der Waals surface area contributed by atoms with Gasteiger partial charge in [-0.15, -0.1) is 0 Å². The number of hydrogen-bond donors (Lipinski definition) is 2. The predicted molar refractivity (Wildman–Crippen MR) is 114 cm³/mol. The fourth-order valence-corrected chi connectivity index (χ4v) is 3.96. The summed E-state index contributed by atoms with van der Waals surface area (Å²) in [4.78, 5) is 21.5. The Hall–Kier alpha value is -2.96. The third-order valence-electron chi connectivity index (χ3n) is 5.38. The summed E-state index contributed by atoms with van der Waals surface area (Å²) >= 11 is 0. The van der Waals surface area contributed by atoms with Gasteiger partial charge < -0.3 is 19.8 Å². The van der Waals surface area contributed by atoms with Crippen LogP contribution in [-0.2, 0) is 27.2 Å². The minimum Gasteiger partial charge on any atom is -0.478 e. The van der Waals surface area contributed by atoms with Crippen molar-refractivity contribution in [3.05, 3.63) is 82.9 Å². The summed E-state index contributed by atoms with van der Waals surface area (Å²) in [6.45, 7) is 2.18. The Labute approximate surface area is 176 Å². The van der Waals surface area contributed by atoms with Gasteiger partial charge in [0.15, 0.2) is 0 Å². The number of ether oxygens (including phenoxy) is 1. The van der Waals surface area contributed by atoms with Crippen molar-refractivity contribution < 1.29 is 24.5 Å². The number of rotatable bonds is 4. The SMILES string of the molecule is CN1CCC(OC2c3ccccc3CCc3ccccc32)C1.O=C(O)/C=C\C(=O)O. The molecule has 1 unspecified atom stereocenters. The first kappa shape index (κ1) is 21.7. The van der Waals surface area contributed by atoms with E-state index in [-0.39, 0.29) is 6.10 Å². The molecule has 4 rings (SSSR count). The number of nitrogens with zero attached hydrogens (tertiary/aromatic N) is 1. The minimum absolute atomic E-state index is 0.0893. The first-order valence-electron chi connectivity index (χ1n) is 10.1. The number of likely N-dealkylation sites (N-methyl/N-ethyl adjacent to an activating group) is 1. The molecule has 0 radical (unpaired) electrons. The Bertz CT molecular complexity index is 860. The number of carbonyl (C=O) groups is 2. The number of aryl methyl sites for hydroxylation is 2. The van der Waals surface area contributed by atoms with Crippen molar-refractivity contribution in [1.82, 2.24) is 4.90 Å². The lowest BCUT2D eigenvalue weighted by Crippen LogP contribution is -2.22. The van der Waals surface area contributed by atoms with E-state index in [1.54, 1.807) is 0 Å². The highest BCUT2D eigenvalue weighted by atomic mass is 16.5. The van der Waals surface area contributed by atoms with Crippen LogP contribution in [-0.4, -0.2) is 53.3 Å². The maximum atomic E-state index is 9.55. The fraction of sp³-hybridized carbons (Fsp3) is 0.333. The number of benzene rings is 2. The van der Waals surface area contributed by atoms with E-state index in [1.807, 2.05) is 0 Å². The lowest BCUT2D eigenvalue weighted by Gasteiger charge is -2.24. The molecule has 2 aromatic carbocycles. The van der Waals surface area contributed by atoms with Crippen molar-refractivity contribution in [2.45, 2.75) is 31.5 Å². The molecule has 1 saturated heterocycles. The molecule has 6 heteroatoms. The molecule has 158 valence electrons. The van der Waals surface area contributed by atoms with Gasteiger partial charge in [-0.25, -0.2) is 9.59 Å². The average Bonchev–Trinajstić information content (AvgIpc) is 3.07. The zero-order chi connectivity index (χ0) is 21.5. The largest absolute Gasteiger partial charge is 0.478 e. The Morgan fingerprint density at radius 2 is 1.43 bits per heavy atom. The second kappa shape index (κ2) is 10.2. The molecule has 6 nitrogen and oxygen atoms in total. The fourth-order valence-electron chi connectivity index (χ4n) is 3.96. The van der Waals surface area contributed by atoms with Gasteiger partial charge in [-0.2, -0.15) is 0 Å². The van der Waals surface area contributed by atoms with Crippen LogP contribution in [0.1, 0.15) is 34.8 Å². The van der Waals surface area contributed by atoms with Crippen LogP contribution in [0.15, 0.2) is 60.7 Å². The molecular formula is C24H27NO5. The molecule has 0 bridgehead atoms. The smallest absolute Gasteiger partial charge is 0.328 e. The summed E-state index contributed by atoms with van der Waals surface area (Å²) in [5.41, 5.74) is 5.61. The topological polar surface area (TPSA) is 87.1 Å². The van der Waals surface area contributed by atoms with Gasteiger partial charge in [0.25, 0.3) is 0 Å². The van der Waals surface area contributed by atoms with Gasteiger partial charge in [-0.3, -0.25) is 0 Å². The van der Waals surface area contributed by atoms with Crippen molar-refractivity contribution >= 4 is 11.9 Å². The minimum atomic E-state index is -1.26. The van der Waals surface area contributed by atoms with Crippen LogP contribution >= 0.6 is 0 Å². The van der Waals surface area contributed by atoms with Crippen LogP contribution in [0.4, 0.5) is 0 Å². The normalized spacial score (nSPS) is 18.8. The van der Waals surface area contributed by atoms with Gasteiger partial charge in [0.05, 0.1) is 6.10 Å². The van der Waals surface area contributed by atoms with Gasteiger partial charge in [0, 0.05) is 25.2 Å². The molecule has 1 fully saturated rings. The summed E-state index contributed by atoms with van der Waals surface area (Å²) in [5, 5.41) is 15.6. The number of fused-ring (bicyclic) bond motifs is 2. The zero-order valence-corrected chi connectivity index (χ0v) is 17.0. The van der Waals surface area contributed by atoms with Crippen LogP contribution in [0.3, 0.4) is 0 Å². The molecule has 0 saturated carbocycles. The molecule has 2 aliphatic rings. The number of carboxylic acids is 2. The highest BCUT2D eigenvalue weighted by Crippen LogP contribution is 2.36. The quantitative estimate of drug-likeness (QED) is 0.754. The lowest BCUT2D eigenvalue weighted by atomic mass is 9.97. The third kappa shape index (κ3) is 5.78. The second-order valence-corrected chi connectivity index (χ2v) is 7.60. The van der Waals surface area contributed by atoms with Crippen molar-refractivity contribution in [3.8, 4) is 0 Å². The molecule has 1 heterocycles. The summed E-state index contributed by atoms with van der Waals surface area (Å²) in [6, 6.07) is 17.6. The second-order valence-electron chi connectivity index (χ2n) is 7.60. The Morgan fingerprint density at radius 3 is 1.87 bits per heavy atom. The molecule has 30 heavy (non-hydrogen) atoms. The van der Waals surface area contributed by atoms with Crippen LogP contribution < -0.4 is 0 Å². The van der Waals surface area contributed by atoms with E-state index in [1.165, 1.54) is 22.3 Å². The van der Waals surface area contributed by atoms with E-state index in [0.717, 1.165) is 32.4 Å². The molecule has 1 aliphatic carbocycles. The first-order valence-corrected chi connectivity index (χ1v) is 10.1. The molecule has 0 amide bonds. The van der Waals surface area contributed by atoms with Gasteiger partial charge in [-0.05, 0) is 48.6 Å². The number of aliphatic carboxylic acids is 2. The van der Waals surface area contributed by atoms with Crippen LogP contribution in [0, 0.1) is 0 Å². The summed E-state index contributed by atoms with van der Waals surface area (Å²) < 4.78 is 6.61. The number of likely N-dealkylation sites (tertiary alicyclic amines) is 1. The Balaban J connectivity index is 0.000000275. The van der Waals surface area contributed by atoms with Gasteiger partial charge in [0.1, 0.15) is 6.10 Å². The zero-order valence-electron chi connectivity index (χ0n) is 17.0. The summed E-state index contributed by atoms with van der Waals surface area (Å²) in [5.74, 6) is -2.51. The molecule has 2 aromatic rings. The highest BCUT2D eigenvalue weighted by Gasteiger charge is 2.29. The van der Waals surface area contributed by atoms with Crippen molar-refractivity contribution in [3.63, 3.8) is 0 Å². The lowest BCUT2D eigenvalue weighted by molar-refractivity contribution is -0.134. The van der Waals surface area contributed by atoms with Gasteiger partial charge in [0.2, 0.25) is 0 Å². The van der Waals surface area contributed by atoms with Crippen molar-refractivity contribution in [1.29, 1.82) is 0 Å². The molecule has 0 aromatic heterocycles. The maximum absolute atomic E-state index is 9.55. The van der Waals surface area contributed by atoms with Gasteiger partial charge in [-0.1, -0.05) is 48.5 Å². The van der Waals surface area contributed by atoms with Crippen LogP contribution in [0.5, 0.6) is 0 Å². The monoisotopic (exact) mass is 409 g/mol. The van der Waals surface area contributed by atoms with E-state index >= 15 is 0 Å². The maximum Gasteiger partial charge on any atom is 0.328 e. The molecule has 1 aliphatic heterocycles. The number of carboxylic acid groups (broad SMARTS) is 2. The van der Waals surface area contributed by atoms with E-state index in [2.05, 4.69) is 60.5 Å². The predicted octanol–water partition coefficient (Wildman–Crippen LogP) is 3.31. The van der Waals surface area contributed by atoms with E-state index in [4.69, 9.17) is 14.9 Å². The standard InChI is InChI=1S/C20H23NO.C4H4O4/c1-21-13-12-17(14-21)22-20-18-8-4-2-6-15(18)10-11-16-7-3-5-9-19(16)20;5-3(6)1-2-4(7)8/h2-9,17,20H,10-14H2,1H3;1-2H,(H,5,6)(H,7,8)/b;2-1-.